The highest BCUT2D eigenvalue weighted by Gasteiger charge is 2.33. The van der Waals surface area contributed by atoms with Crippen LogP contribution in [0.15, 0.2) is 0 Å². The summed E-state index contributed by atoms with van der Waals surface area (Å²) in [5.41, 5.74) is -0.101. The van der Waals surface area contributed by atoms with Crippen molar-refractivity contribution in [3.8, 4) is 0 Å². The summed E-state index contributed by atoms with van der Waals surface area (Å²) in [6.07, 6.45) is 1.74. The number of ether oxygens (including phenoxy) is 1. The van der Waals surface area contributed by atoms with Crippen LogP contribution >= 0.6 is 0 Å². The summed E-state index contributed by atoms with van der Waals surface area (Å²) in [6, 6.07) is 0. The third-order valence-corrected chi connectivity index (χ3v) is 11.9. The Labute approximate surface area is 328 Å². The summed E-state index contributed by atoms with van der Waals surface area (Å²) in [5.74, 6) is 2.22. The number of hydrogen-bond donors (Lipinski definition) is 0. The van der Waals surface area contributed by atoms with Crippen LogP contribution in [0.25, 0.3) is 0 Å². The van der Waals surface area contributed by atoms with Crippen LogP contribution in [-0.4, -0.2) is 60.6 Å². The summed E-state index contributed by atoms with van der Waals surface area (Å²) < 4.78 is 50.2. The maximum Gasteiger partial charge on any atom is 0.157 e. The van der Waals surface area contributed by atoms with Gasteiger partial charge in [-0.2, -0.15) is 0 Å². The number of ketones is 2. The van der Waals surface area contributed by atoms with Gasteiger partial charge < -0.3 is 9.53 Å². The van der Waals surface area contributed by atoms with Crippen molar-refractivity contribution < 1.29 is 31.2 Å². The van der Waals surface area contributed by atoms with Crippen LogP contribution in [0.3, 0.4) is 0 Å². The summed E-state index contributed by atoms with van der Waals surface area (Å²) in [4.78, 5) is 21.7. The first-order valence-corrected chi connectivity index (χ1v) is 22.4. The van der Waals surface area contributed by atoms with Crippen molar-refractivity contribution in [3.05, 3.63) is 0 Å². The van der Waals surface area contributed by atoms with Crippen molar-refractivity contribution in [2.75, 3.05) is 5.75 Å². The second-order valence-electron chi connectivity index (χ2n) is 21.9. The Kier molecular flexibility index (Phi) is 30.8. The highest BCUT2D eigenvalue weighted by molar-refractivity contribution is 7.93. The average molecular weight is 787 g/mol. The molecule has 0 rings (SSSR count). The lowest BCUT2D eigenvalue weighted by Crippen LogP contribution is -2.35. The largest absolute Gasteiger partial charge is 0.373 e. The monoisotopic (exact) mass is 787 g/mol. The molecule has 0 aliphatic heterocycles. The molecule has 0 aromatic rings. The fraction of sp³-hybridized carbons (Fsp3) is 0.953. The summed E-state index contributed by atoms with van der Waals surface area (Å²) >= 11 is 0. The van der Waals surface area contributed by atoms with Crippen molar-refractivity contribution in [2.45, 2.75) is 233 Å². The molecule has 0 heterocycles. The molecule has 0 aromatic carbocycles. The molecule has 9 heteroatoms. The maximum atomic E-state index is 11.7. The Balaban J connectivity index is -0.000000125. The quantitative estimate of drug-likeness (QED) is 0.263. The lowest BCUT2D eigenvalue weighted by molar-refractivity contribution is -0.127. The standard InChI is InChI=1S/C9H20O2S.C9H18O.C7H16O2S.C7H14O.C7H16O.C4H10/c1-8(2,3)7-12(10,11)9(4,5)6;1-7(2)6-8(10)9(3,4)5;1-6(2)10(8,9)7(3,4)5;1-6(8)5-7(2,3)4;1-6(2)8-7(3,4)5;1-4(2)3/h7H2,1-6H3;7H,6H2,1-5H3;6H,1-5H3;5H2,1-4H3;6H,1-5H3;4H,1-3H3. The van der Waals surface area contributed by atoms with Gasteiger partial charge in [0.25, 0.3) is 0 Å². The number of rotatable bonds is 6. The van der Waals surface area contributed by atoms with Gasteiger partial charge in [-0.3, -0.25) is 4.79 Å². The average Bonchev–Trinajstić information content (AvgIpc) is 2.72. The van der Waals surface area contributed by atoms with Gasteiger partial charge in [-0.15, -0.1) is 0 Å². The topological polar surface area (TPSA) is 112 Å². The molecule has 0 amide bonds. The minimum atomic E-state index is -2.96. The smallest absolute Gasteiger partial charge is 0.157 e. The van der Waals surface area contributed by atoms with Gasteiger partial charge in [0.1, 0.15) is 11.6 Å². The van der Waals surface area contributed by atoms with Gasteiger partial charge in [0.15, 0.2) is 19.7 Å². The van der Waals surface area contributed by atoms with Crippen molar-refractivity contribution in [2.24, 2.45) is 28.1 Å². The molecule has 0 fully saturated rings. The SMILES string of the molecule is CC(=O)CC(C)(C)C.CC(C)(C)CS(=O)(=O)C(C)(C)C.CC(C)C.CC(C)CC(=O)C(C)(C)C.CC(C)OC(C)(C)C.CC(C)S(=O)(=O)C(C)(C)C. The van der Waals surface area contributed by atoms with Gasteiger partial charge in [-0.1, -0.05) is 96.9 Å². The van der Waals surface area contributed by atoms with Crippen LogP contribution in [0.1, 0.15) is 207 Å². The molecular weight excluding hydrogens is 693 g/mol. The zero-order valence-electron chi connectivity index (χ0n) is 40.1. The minimum Gasteiger partial charge on any atom is -0.373 e. The van der Waals surface area contributed by atoms with E-state index in [0.717, 1.165) is 5.92 Å². The third-order valence-electron chi connectivity index (χ3n) is 5.83. The van der Waals surface area contributed by atoms with Crippen molar-refractivity contribution in [3.63, 3.8) is 0 Å². The van der Waals surface area contributed by atoms with E-state index in [9.17, 15) is 26.4 Å². The number of Topliss-reactive ketones (excluding diaryl/α,β-unsaturated/α-hetero) is 2. The molecule has 0 N–H and O–H groups in total. The molecule has 0 aliphatic rings. The first-order chi connectivity index (χ1) is 22.1. The van der Waals surface area contributed by atoms with E-state index in [1.165, 1.54) is 0 Å². The lowest BCUT2D eigenvalue weighted by atomic mass is 9.86. The van der Waals surface area contributed by atoms with Crippen LogP contribution in [0.5, 0.6) is 0 Å². The van der Waals surface area contributed by atoms with E-state index in [1.807, 2.05) is 55.4 Å². The minimum absolute atomic E-state index is 0.0220. The molecule has 320 valence electrons. The van der Waals surface area contributed by atoms with E-state index < -0.39 is 29.2 Å². The van der Waals surface area contributed by atoms with E-state index >= 15 is 0 Å². The highest BCUT2D eigenvalue weighted by atomic mass is 32.2. The van der Waals surface area contributed by atoms with Crippen molar-refractivity contribution in [1.82, 2.24) is 0 Å². The molecule has 0 atom stereocenters. The molecule has 0 saturated heterocycles. The Morgan fingerprint density at radius 2 is 0.885 bits per heavy atom. The van der Waals surface area contributed by atoms with Gasteiger partial charge in [0, 0.05) is 18.3 Å². The Bertz CT molecular complexity index is 1150. The molecule has 52 heavy (non-hydrogen) atoms. The normalized spacial score (nSPS) is 12.9. The predicted octanol–water partition coefficient (Wildman–Crippen LogP) is 12.4. The Hall–Kier alpha value is -0.800. The van der Waals surface area contributed by atoms with Gasteiger partial charge in [0.05, 0.1) is 32.2 Å². The summed E-state index contributed by atoms with van der Waals surface area (Å²) in [5, 5.41) is -0.271. The van der Waals surface area contributed by atoms with E-state index in [4.69, 9.17) is 4.74 Å². The lowest BCUT2D eigenvalue weighted by Gasteiger charge is -2.25. The van der Waals surface area contributed by atoms with Gasteiger partial charge >= 0.3 is 0 Å². The molecule has 0 saturated carbocycles. The Morgan fingerprint density at radius 1 is 0.558 bits per heavy atom. The maximum absolute atomic E-state index is 11.7. The Morgan fingerprint density at radius 3 is 0.923 bits per heavy atom. The first-order valence-electron chi connectivity index (χ1n) is 19.2. The molecule has 7 nitrogen and oxygen atoms in total. The van der Waals surface area contributed by atoms with Crippen LogP contribution in [-0.2, 0) is 34.0 Å². The highest BCUT2D eigenvalue weighted by Crippen LogP contribution is 2.25. The molecule has 0 spiro atoms. The third kappa shape index (κ3) is 47.2. The summed E-state index contributed by atoms with van der Waals surface area (Å²) in [7, 11) is -5.87. The predicted molar refractivity (Wildman–Crippen MR) is 232 cm³/mol. The molecule has 0 radical (unpaired) electrons. The van der Waals surface area contributed by atoms with Gasteiger partial charge in [0.2, 0.25) is 0 Å². The van der Waals surface area contributed by atoms with E-state index in [-0.39, 0.29) is 38.6 Å². The van der Waals surface area contributed by atoms with E-state index in [1.54, 1.807) is 62.3 Å². The van der Waals surface area contributed by atoms with Crippen molar-refractivity contribution in [1.29, 1.82) is 0 Å². The van der Waals surface area contributed by atoms with Crippen molar-refractivity contribution >= 4 is 31.2 Å². The van der Waals surface area contributed by atoms with Crippen LogP contribution in [0.4, 0.5) is 0 Å². The summed E-state index contributed by atoms with van der Waals surface area (Å²) in [6.45, 7) is 54.3. The number of sulfone groups is 2. The van der Waals surface area contributed by atoms with E-state index in [2.05, 4.69) is 76.2 Å². The van der Waals surface area contributed by atoms with E-state index in [0.29, 0.717) is 30.6 Å². The number of carbonyl (C=O) groups is 2. The molecule has 0 aromatic heterocycles. The molecular formula is C43H94O7S2. The fourth-order valence-corrected chi connectivity index (χ4v) is 6.61. The second-order valence-corrected chi connectivity index (χ2v) is 27.9. The zero-order valence-corrected chi connectivity index (χ0v) is 41.7. The number of carbonyl (C=O) groups excluding carboxylic acids is 2. The van der Waals surface area contributed by atoms with Gasteiger partial charge in [-0.05, 0) is 120 Å². The molecule has 0 aliphatic carbocycles. The van der Waals surface area contributed by atoms with Gasteiger partial charge in [-0.25, -0.2) is 16.8 Å². The fourth-order valence-electron chi connectivity index (χ4n) is 3.62. The second kappa shape index (κ2) is 25.4. The zero-order chi connectivity index (χ0) is 44.3. The molecule has 0 bridgehead atoms. The number of hydrogen-bond acceptors (Lipinski definition) is 7. The molecule has 0 unspecified atom stereocenters. The van der Waals surface area contributed by atoms with Crippen LogP contribution < -0.4 is 0 Å². The van der Waals surface area contributed by atoms with Crippen LogP contribution in [0, 0.1) is 28.1 Å². The van der Waals surface area contributed by atoms with Crippen LogP contribution in [0.2, 0.25) is 0 Å². The first kappa shape index (κ1) is 63.2.